The van der Waals surface area contributed by atoms with E-state index in [0.29, 0.717) is 0 Å². The van der Waals surface area contributed by atoms with Crippen molar-refractivity contribution in [2.75, 3.05) is 0 Å². The van der Waals surface area contributed by atoms with E-state index in [1.165, 1.54) is 192 Å². The maximum Gasteiger partial charge on any atom is 0.0548 e. The van der Waals surface area contributed by atoms with E-state index in [2.05, 4.69) is 463 Å². The zero-order valence-corrected chi connectivity index (χ0v) is 62.6. The second-order valence-corrected chi connectivity index (χ2v) is 29.9. The fraction of sp³-hybridized carbons (Fsp3) is 0. The minimum Gasteiger partial charge on any atom is -0.309 e. The lowest BCUT2D eigenvalue weighted by molar-refractivity contribution is 1.16. The van der Waals surface area contributed by atoms with Crippen LogP contribution in [0.15, 0.2) is 431 Å². The molecule has 7 aromatic heterocycles. The summed E-state index contributed by atoms with van der Waals surface area (Å²) in [5.41, 5.74) is 27.8. The Kier molecular flexibility index (Phi) is 15.2. The fourth-order valence-corrected chi connectivity index (χ4v) is 18.7. The second kappa shape index (κ2) is 26.7. The fourth-order valence-electron chi connectivity index (χ4n) is 18.7. The normalized spacial score (nSPS) is 11.8. The van der Waals surface area contributed by atoms with Gasteiger partial charge in [-0.25, -0.2) is 0 Å². The predicted octanol–water partition coefficient (Wildman–Crippen LogP) is 28.4. The molecule has 538 valence electrons. The van der Waals surface area contributed by atoms with Crippen LogP contribution in [-0.2, 0) is 0 Å². The van der Waals surface area contributed by atoms with E-state index >= 15 is 0 Å². The quantitative estimate of drug-likeness (QED) is 0.145. The maximum atomic E-state index is 2.42. The molecule has 25 aromatic rings. The minimum atomic E-state index is 1.16. The van der Waals surface area contributed by atoms with Gasteiger partial charge in [0.2, 0.25) is 0 Å². The van der Waals surface area contributed by atoms with Crippen molar-refractivity contribution in [3.05, 3.63) is 431 Å². The smallest absolute Gasteiger partial charge is 0.0548 e. The third-order valence-electron chi connectivity index (χ3n) is 23.6. The molecule has 0 fully saturated rings. The van der Waals surface area contributed by atoms with Gasteiger partial charge in [-0.3, -0.25) is 0 Å². The largest absolute Gasteiger partial charge is 0.309 e. The van der Waals surface area contributed by atoms with E-state index in [9.17, 15) is 0 Å². The first kappa shape index (κ1) is 65.4. The lowest BCUT2D eigenvalue weighted by Gasteiger charge is -2.10. The molecular weight excluding hydrogens is 1400 g/mol. The van der Waals surface area contributed by atoms with Crippen LogP contribution in [0.4, 0.5) is 0 Å². The van der Waals surface area contributed by atoms with E-state index in [-0.39, 0.29) is 0 Å². The molecule has 0 saturated carbocycles. The Hall–Kier alpha value is -15.4. The Morgan fingerprint density at radius 1 is 0.104 bits per heavy atom. The summed E-state index contributed by atoms with van der Waals surface area (Å²) >= 11 is 0. The van der Waals surface area contributed by atoms with Gasteiger partial charge in [-0.2, -0.15) is 0 Å². The Labute approximate surface area is 661 Å². The van der Waals surface area contributed by atoms with Gasteiger partial charge in [0.05, 0.1) is 77.2 Å². The first-order valence-corrected chi connectivity index (χ1v) is 39.5. The first-order valence-electron chi connectivity index (χ1n) is 39.5. The summed E-state index contributed by atoms with van der Waals surface area (Å²) in [7, 11) is 0. The molecule has 7 nitrogen and oxygen atoms in total. The molecule has 0 unspecified atom stereocenters. The van der Waals surface area contributed by atoms with Crippen LogP contribution < -0.4 is 0 Å². The van der Waals surface area contributed by atoms with Gasteiger partial charge in [0, 0.05) is 115 Å². The minimum absolute atomic E-state index is 1.16. The Morgan fingerprint density at radius 2 is 0.304 bits per heavy atom. The van der Waals surface area contributed by atoms with Crippen LogP contribution in [0.5, 0.6) is 0 Å². The van der Waals surface area contributed by atoms with Crippen LogP contribution in [-0.4, -0.2) is 32.0 Å². The molecule has 0 amide bonds. The molecule has 0 aliphatic heterocycles. The first-order chi connectivity index (χ1) is 57.1. The highest BCUT2D eigenvalue weighted by Gasteiger charge is 2.25. The zero-order valence-electron chi connectivity index (χ0n) is 62.6. The molecule has 115 heavy (non-hydrogen) atoms. The van der Waals surface area contributed by atoms with E-state index < -0.39 is 0 Å². The molecule has 0 saturated heterocycles. The maximum absolute atomic E-state index is 2.42. The van der Waals surface area contributed by atoms with Crippen LogP contribution in [0.25, 0.3) is 204 Å². The highest BCUT2D eigenvalue weighted by molar-refractivity contribution is 6.30. The van der Waals surface area contributed by atoms with Crippen LogP contribution >= 0.6 is 0 Å². The zero-order chi connectivity index (χ0) is 75.6. The van der Waals surface area contributed by atoms with E-state index in [0.717, 1.165) is 11.4 Å². The van der Waals surface area contributed by atoms with Gasteiger partial charge in [0.1, 0.15) is 0 Å². The number of hydrogen-bond acceptors (Lipinski definition) is 0. The Bertz CT molecular complexity index is 7910. The van der Waals surface area contributed by atoms with E-state index in [1.54, 1.807) is 0 Å². The molecule has 0 radical (unpaired) electrons. The number of aromatic nitrogens is 7. The van der Waals surface area contributed by atoms with Crippen molar-refractivity contribution in [2.45, 2.75) is 0 Å². The molecule has 0 aliphatic rings. The number of benzene rings is 18. The standard InChI is InChI=1S/C42H27N3.C36H24N2.C30H20N2/c1-3-13-28(14-4-1)43-37-22-12-9-19-33(37)41-39(43)25-26-40-42(41)34-27-30(23-24-38(34)44(40)29-15-5-2-6-16-29)45-35-20-10-7-17-31(35)32-18-8-11-21-36(32)45;1-3-11-25(12-4-1)26-19-21-28(22-20-26)38-34-18-10-8-16-30(34)32-23-35-31(24-36(32)38)29-15-7-9-17-33(29)37(35)27-13-5-2-6-14-27;1-3-11-21(12-4-1)31-27-17-9-7-15-23(27)25-20-30-26(19-29(25)31)24-16-8-10-18-28(24)32(30)22-13-5-2-6-14-22/h1-27H;1-24H;1-20H. The molecule has 7 heteroatoms. The SMILES string of the molecule is c1ccc(-c2ccc(-n3c4ccccc4c4cc5c(cc43)c3ccccc3n5-c3ccccc3)cc2)cc1.c1ccc(-n2c3ccccc3c3c4c5cc(-n6c7ccccc7c7ccccc76)ccc5n(-c5ccccc5)c4ccc32)cc1.c1ccc(-n2c3ccccc3c3cc4c(cc32)c2ccccc2n4-c2ccccc2)cc1. The number of nitrogens with zero attached hydrogens (tertiary/aromatic N) is 7. The number of hydrogen-bond donors (Lipinski definition) is 0. The van der Waals surface area contributed by atoms with Crippen molar-refractivity contribution in [3.63, 3.8) is 0 Å². The van der Waals surface area contributed by atoms with Gasteiger partial charge in [0.15, 0.2) is 0 Å². The summed E-state index contributed by atoms with van der Waals surface area (Å²) in [5, 5.41) is 17.8. The van der Waals surface area contributed by atoms with Gasteiger partial charge in [-0.1, -0.05) is 261 Å². The molecule has 0 aliphatic carbocycles. The molecule has 7 heterocycles. The highest BCUT2D eigenvalue weighted by Crippen LogP contribution is 2.46. The summed E-state index contributed by atoms with van der Waals surface area (Å²) < 4.78 is 16.8. The lowest BCUT2D eigenvalue weighted by Crippen LogP contribution is -1.95. The van der Waals surface area contributed by atoms with Gasteiger partial charge < -0.3 is 32.0 Å². The van der Waals surface area contributed by atoms with Crippen molar-refractivity contribution in [2.24, 2.45) is 0 Å². The Morgan fingerprint density at radius 3 is 0.626 bits per heavy atom. The third-order valence-corrected chi connectivity index (χ3v) is 23.6. The van der Waals surface area contributed by atoms with Gasteiger partial charge in [-0.15, -0.1) is 0 Å². The molecule has 0 N–H and O–H groups in total. The summed E-state index contributed by atoms with van der Waals surface area (Å²) in [4.78, 5) is 0. The summed E-state index contributed by atoms with van der Waals surface area (Å²) in [6.07, 6.45) is 0. The molecular formula is C108H71N7. The second-order valence-electron chi connectivity index (χ2n) is 29.9. The highest BCUT2D eigenvalue weighted by atomic mass is 15.0. The van der Waals surface area contributed by atoms with Crippen molar-refractivity contribution in [1.29, 1.82) is 0 Å². The van der Waals surface area contributed by atoms with E-state index in [1.807, 2.05) is 0 Å². The van der Waals surface area contributed by atoms with Crippen LogP contribution in [0.3, 0.4) is 0 Å². The van der Waals surface area contributed by atoms with Crippen molar-refractivity contribution in [3.8, 4) is 50.9 Å². The van der Waals surface area contributed by atoms with Crippen LogP contribution in [0, 0.1) is 0 Å². The lowest BCUT2D eigenvalue weighted by atomic mass is 10.0. The third kappa shape index (κ3) is 10.4. The molecule has 18 aromatic carbocycles. The number of rotatable bonds is 8. The molecule has 0 spiro atoms. The van der Waals surface area contributed by atoms with Crippen molar-refractivity contribution in [1.82, 2.24) is 32.0 Å². The summed E-state index contributed by atoms with van der Waals surface area (Å²) in [6.45, 7) is 0. The van der Waals surface area contributed by atoms with Crippen LogP contribution in [0.2, 0.25) is 0 Å². The summed E-state index contributed by atoms with van der Waals surface area (Å²) in [6, 6.07) is 155. The van der Waals surface area contributed by atoms with Crippen molar-refractivity contribution >= 4 is 153 Å². The topological polar surface area (TPSA) is 34.5 Å². The average molecular weight is 1470 g/mol. The van der Waals surface area contributed by atoms with Crippen LogP contribution in [0.1, 0.15) is 0 Å². The van der Waals surface area contributed by atoms with Gasteiger partial charge in [0.25, 0.3) is 0 Å². The monoisotopic (exact) mass is 1470 g/mol. The average Bonchev–Trinajstić information content (AvgIpc) is 1.54. The number of para-hydroxylation sites is 12. The Balaban J connectivity index is 0.000000104. The van der Waals surface area contributed by atoms with Crippen molar-refractivity contribution < 1.29 is 0 Å². The number of fused-ring (bicyclic) bond motifs is 22. The van der Waals surface area contributed by atoms with Gasteiger partial charge >= 0.3 is 0 Å². The molecule has 0 atom stereocenters. The summed E-state index contributed by atoms with van der Waals surface area (Å²) in [5.74, 6) is 0. The molecule has 25 rings (SSSR count). The van der Waals surface area contributed by atoms with Gasteiger partial charge in [-0.05, 0) is 181 Å². The molecule has 0 bridgehead atoms. The predicted molar refractivity (Wildman–Crippen MR) is 485 cm³/mol. The van der Waals surface area contributed by atoms with E-state index in [4.69, 9.17) is 0 Å².